The maximum atomic E-state index is 13.5. The van der Waals surface area contributed by atoms with Crippen molar-refractivity contribution in [2.45, 2.75) is 13.3 Å². The Labute approximate surface area is 100 Å². The molecule has 2 aromatic rings. The van der Waals surface area contributed by atoms with Crippen LogP contribution in [0.1, 0.15) is 12.6 Å². The van der Waals surface area contributed by atoms with Crippen LogP contribution in [0, 0.1) is 5.82 Å². The lowest BCUT2D eigenvalue weighted by Crippen LogP contribution is -1.92. The predicted molar refractivity (Wildman–Crippen MR) is 63.8 cm³/mol. The quantitative estimate of drug-likeness (QED) is 0.760. The van der Waals surface area contributed by atoms with Crippen molar-refractivity contribution < 1.29 is 4.39 Å². The molecule has 15 heavy (non-hydrogen) atoms. The molecule has 0 unspecified atom stereocenters. The largest absolute Gasteiger partial charge is 0.251 e. The second kappa shape index (κ2) is 4.06. The second-order valence-electron chi connectivity index (χ2n) is 3.20. The molecule has 4 heteroatoms. The van der Waals surface area contributed by atoms with Crippen LogP contribution in [0.15, 0.2) is 22.7 Å². The molecule has 0 bridgehead atoms. The van der Waals surface area contributed by atoms with Gasteiger partial charge in [-0.25, -0.2) is 4.39 Å². The average Bonchev–Trinajstić information content (AvgIpc) is 2.23. The summed E-state index contributed by atoms with van der Waals surface area (Å²) in [7, 11) is 0. The van der Waals surface area contributed by atoms with Crippen molar-refractivity contribution in [2.24, 2.45) is 0 Å². The molecular formula is C11H8BrClFN. The van der Waals surface area contributed by atoms with Gasteiger partial charge >= 0.3 is 0 Å². The van der Waals surface area contributed by atoms with Crippen molar-refractivity contribution >= 4 is 38.4 Å². The van der Waals surface area contributed by atoms with Crippen molar-refractivity contribution in [2.75, 3.05) is 0 Å². The second-order valence-corrected chi connectivity index (χ2v) is 4.46. The summed E-state index contributed by atoms with van der Waals surface area (Å²) in [6, 6.07) is 4.73. The molecule has 2 rings (SSSR count). The summed E-state index contributed by atoms with van der Waals surface area (Å²) in [6.07, 6.45) is 0.776. The van der Waals surface area contributed by atoms with Crippen LogP contribution >= 0.6 is 27.5 Å². The van der Waals surface area contributed by atoms with E-state index >= 15 is 0 Å². The Morgan fingerprint density at radius 3 is 2.87 bits per heavy atom. The van der Waals surface area contributed by atoms with Crippen LogP contribution < -0.4 is 0 Å². The van der Waals surface area contributed by atoms with Gasteiger partial charge in [0.05, 0.1) is 15.9 Å². The van der Waals surface area contributed by atoms with Crippen molar-refractivity contribution in [3.05, 3.63) is 39.2 Å². The van der Waals surface area contributed by atoms with Gasteiger partial charge in [0.2, 0.25) is 0 Å². The Morgan fingerprint density at radius 1 is 1.47 bits per heavy atom. The van der Waals surface area contributed by atoms with Crippen molar-refractivity contribution in [1.82, 2.24) is 4.98 Å². The summed E-state index contributed by atoms with van der Waals surface area (Å²) in [5.74, 6) is -0.339. The van der Waals surface area contributed by atoms with Gasteiger partial charge in [-0.2, -0.15) is 0 Å². The molecule has 1 aromatic heterocycles. The maximum absolute atomic E-state index is 13.5. The van der Waals surface area contributed by atoms with Gasteiger partial charge in [0.25, 0.3) is 0 Å². The molecule has 0 atom stereocenters. The third kappa shape index (κ3) is 1.86. The minimum absolute atomic E-state index is 0.339. The van der Waals surface area contributed by atoms with Crippen LogP contribution in [-0.2, 0) is 6.42 Å². The van der Waals surface area contributed by atoms with Gasteiger partial charge in [-0.05, 0) is 40.5 Å². The van der Waals surface area contributed by atoms with Crippen LogP contribution in [0.3, 0.4) is 0 Å². The molecular weight excluding hydrogens is 280 g/mol. The summed E-state index contributed by atoms with van der Waals surface area (Å²) in [5.41, 5.74) is 1.44. The number of aromatic nitrogens is 1. The number of pyridine rings is 1. The minimum Gasteiger partial charge on any atom is -0.251 e. The number of aryl methyl sites for hydroxylation is 1. The highest BCUT2D eigenvalue weighted by Crippen LogP contribution is 2.30. The monoisotopic (exact) mass is 287 g/mol. The highest BCUT2D eigenvalue weighted by molar-refractivity contribution is 9.10. The number of halogens is 3. The van der Waals surface area contributed by atoms with E-state index in [-0.39, 0.29) is 5.82 Å². The Kier molecular flexibility index (Phi) is 2.94. The first kappa shape index (κ1) is 10.8. The Balaban J connectivity index is 2.90. The third-order valence-corrected chi connectivity index (χ3v) is 3.17. The van der Waals surface area contributed by atoms with Crippen LogP contribution in [0.4, 0.5) is 4.39 Å². The number of hydrogen-bond acceptors (Lipinski definition) is 1. The maximum Gasteiger partial charge on any atom is 0.134 e. The zero-order valence-corrected chi connectivity index (χ0v) is 10.4. The molecule has 0 fully saturated rings. The highest BCUT2D eigenvalue weighted by atomic mass is 79.9. The molecule has 0 spiro atoms. The molecule has 0 saturated carbocycles. The summed E-state index contributed by atoms with van der Waals surface area (Å²) >= 11 is 9.36. The lowest BCUT2D eigenvalue weighted by atomic mass is 10.2. The molecule has 0 N–H and O–H groups in total. The lowest BCUT2D eigenvalue weighted by molar-refractivity contribution is 0.639. The van der Waals surface area contributed by atoms with Gasteiger partial charge in [0.1, 0.15) is 5.82 Å². The molecule has 0 amide bonds. The zero-order valence-electron chi connectivity index (χ0n) is 8.02. The molecule has 1 aromatic carbocycles. The zero-order chi connectivity index (χ0) is 11.0. The minimum atomic E-state index is -0.339. The Morgan fingerprint density at radius 2 is 2.20 bits per heavy atom. The molecule has 0 saturated heterocycles. The lowest BCUT2D eigenvalue weighted by Gasteiger charge is -2.06. The predicted octanol–water partition coefficient (Wildman–Crippen LogP) is 4.35. The van der Waals surface area contributed by atoms with Gasteiger partial charge < -0.3 is 0 Å². The van der Waals surface area contributed by atoms with Crippen molar-refractivity contribution in [3.63, 3.8) is 0 Å². The first-order valence-electron chi connectivity index (χ1n) is 4.56. The van der Waals surface area contributed by atoms with E-state index in [0.29, 0.717) is 15.9 Å². The fraction of sp³-hybridized carbons (Fsp3) is 0.182. The fourth-order valence-electron chi connectivity index (χ4n) is 1.45. The first-order valence-corrected chi connectivity index (χ1v) is 5.73. The van der Waals surface area contributed by atoms with Crippen LogP contribution in [0.2, 0.25) is 5.02 Å². The number of benzene rings is 1. The third-order valence-electron chi connectivity index (χ3n) is 2.23. The summed E-state index contributed by atoms with van der Waals surface area (Å²) in [6.45, 7) is 1.98. The van der Waals surface area contributed by atoms with Crippen LogP contribution in [-0.4, -0.2) is 4.98 Å². The molecule has 1 nitrogen and oxygen atoms in total. The molecule has 0 radical (unpaired) electrons. The molecule has 78 valence electrons. The van der Waals surface area contributed by atoms with E-state index in [1.165, 1.54) is 6.07 Å². The SMILES string of the molecule is CCc1cc(Cl)c2c(F)ccc(Br)c2n1. The summed E-state index contributed by atoms with van der Waals surface area (Å²) in [4.78, 5) is 4.34. The van der Waals surface area contributed by atoms with E-state index in [4.69, 9.17) is 11.6 Å². The molecule has 0 aliphatic heterocycles. The standard InChI is InChI=1S/C11H8BrClFN/c1-2-6-5-8(13)10-9(14)4-3-7(12)11(10)15-6/h3-5H,2H2,1H3. The normalized spacial score (nSPS) is 10.9. The number of rotatable bonds is 1. The fourth-order valence-corrected chi connectivity index (χ4v) is 2.18. The van der Waals surface area contributed by atoms with Gasteiger partial charge in [0, 0.05) is 10.2 Å². The number of fused-ring (bicyclic) bond motifs is 1. The van der Waals surface area contributed by atoms with Gasteiger partial charge in [-0.3, -0.25) is 4.98 Å². The smallest absolute Gasteiger partial charge is 0.134 e. The van der Waals surface area contributed by atoms with Crippen molar-refractivity contribution in [1.29, 1.82) is 0 Å². The Hall–Kier alpha value is -0.670. The van der Waals surface area contributed by atoms with E-state index in [2.05, 4.69) is 20.9 Å². The van der Waals surface area contributed by atoms with E-state index in [9.17, 15) is 4.39 Å². The summed E-state index contributed by atoms with van der Waals surface area (Å²) in [5, 5.41) is 0.791. The summed E-state index contributed by atoms with van der Waals surface area (Å²) < 4.78 is 14.3. The number of hydrogen-bond donors (Lipinski definition) is 0. The van der Waals surface area contributed by atoms with E-state index < -0.39 is 0 Å². The van der Waals surface area contributed by atoms with Crippen molar-refractivity contribution in [3.8, 4) is 0 Å². The topological polar surface area (TPSA) is 12.9 Å². The average molecular weight is 289 g/mol. The van der Waals surface area contributed by atoms with E-state index in [1.54, 1.807) is 12.1 Å². The van der Waals surface area contributed by atoms with Crippen LogP contribution in [0.5, 0.6) is 0 Å². The van der Waals surface area contributed by atoms with Crippen LogP contribution in [0.25, 0.3) is 10.9 Å². The first-order chi connectivity index (χ1) is 7.13. The number of nitrogens with zero attached hydrogens (tertiary/aromatic N) is 1. The molecule has 0 aliphatic carbocycles. The van der Waals surface area contributed by atoms with E-state index in [1.807, 2.05) is 6.92 Å². The Bertz CT molecular complexity index is 527. The highest BCUT2D eigenvalue weighted by Gasteiger charge is 2.10. The van der Waals surface area contributed by atoms with Gasteiger partial charge in [-0.15, -0.1) is 0 Å². The van der Waals surface area contributed by atoms with Gasteiger partial charge in [0.15, 0.2) is 0 Å². The molecule has 1 heterocycles. The molecule has 0 aliphatic rings. The van der Waals surface area contributed by atoms with E-state index in [0.717, 1.165) is 16.6 Å². The van der Waals surface area contributed by atoms with Gasteiger partial charge in [-0.1, -0.05) is 18.5 Å².